The summed E-state index contributed by atoms with van der Waals surface area (Å²) >= 11 is 0. The molecule has 25 heavy (non-hydrogen) atoms. The molecule has 0 aromatic rings. The van der Waals surface area contributed by atoms with E-state index >= 15 is 0 Å². The molecule has 0 aliphatic carbocycles. The summed E-state index contributed by atoms with van der Waals surface area (Å²) in [5, 5.41) is 9.51. The molecule has 1 fully saturated rings. The molecule has 8 heteroatoms. The fourth-order valence-electron chi connectivity index (χ4n) is 1.99. The SMILES string of the molecule is CC(C)C(=O)OC1O[C@H](CO)[C@@H](OC(=O)C(C)C)[C@H]1OC(=O)C(C)C. The average Bonchev–Trinajstić information content (AvgIpc) is 2.84. The summed E-state index contributed by atoms with van der Waals surface area (Å²) in [5.74, 6) is -2.91. The molecule has 1 saturated heterocycles. The van der Waals surface area contributed by atoms with Crippen LogP contribution in [0.4, 0.5) is 0 Å². The normalized spacial score (nSPS) is 26.2. The van der Waals surface area contributed by atoms with Crippen molar-refractivity contribution in [3.63, 3.8) is 0 Å². The first kappa shape index (κ1) is 21.4. The Hall–Kier alpha value is -1.67. The van der Waals surface area contributed by atoms with E-state index in [1.165, 1.54) is 0 Å². The number of aliphatic hydroxyl groups excluding tert-OH is 1. The third-order valence-electron chi connectivity index (χ3n) is 3.60. The van der Waals surface area contributed by atoms with Gasteiger partial charge in [0, 0.05) is 0 Å². The number of esters is 3. The van der Waals surface area contributed by atoms with Crippen LogP contribution in [0.2, 0.25) is 0 Å². The van der Waals surface area contributed by atoms with Gasteiger partial charge in [-0.2, -0.15) is 0 Å². The Balaban J connectivity index is 3.04. The van der Waals surface area contributed by atoms with E-state index < -0.39 is 66.9 Å². The summed E-state index contributed by atoms with van der Waals surface area (Å²) < 4.78 is 21.4. The monoisotopic (exact) mass is 360 g/mol. The molecular formula is C17H28O8. The van der Waals surface area contributed by atoms with Crippen LogP contribution in [0.1, 0.15) is 41.5 Å². The quantitative estimate of drug-likeness (QED) is 0.530. The van der Waals surface area contributed by atoms with E-state index in [-0.39, 0.29) is 0 Å². The van der Waals surface area contributed by atoms with Gasteiger partial charge in [0.15, 0.2) is 6.10 Å². The van der Waals surface area contributed by atoms with Gasteiger partial charge in [-0.25, -0.2) is 0 Å². The van der Waals surface area contributed by atoms with Gasteiger partial charge in [0.05, 0.1) is 24.4 Å². The van der Waals surface area contributed by atoms with Crippen LogP contribution < -0.4 is 0 Å². The minimum atomic E-state index is -1.25. The molecule has 1 unspecified atom stereocenters. The summed E-state index contributed by atoms with van der Waals surface area (Å²) in [6.45, 7) is 9.40. The van der Waals surface area contributed by atoms with E-state index in [9.17, 15) is 19.5 Å². The van der Waals surface area contributed by atoms with Crippen LogP contribution in [0.25, 0.3) is 0 Å². The maximum Gasteiger partial charge on any atom is 0.310 e. The Kier molecular flexibility index (Phi) is 7.82. The lowest BCUT2D eigenvalue weighted by Gasteiger charge is -2.25. The molecule has 0 radical (unpaired) electrons. The Morgan fingerprint density at radius 2 is 1.20 bits per heavy atom. The zero-order chi connectivity index (χ0) is 19.3. The van der Waals surface area contributed by atoms with Crippen LogP contribution >= 0.6 is 0 Å². The molecule has 1 N–H and O–H groups in total. The maximum atomic E-state index is 12.0. The number of hydrogen-bond donors (Lipinski definition) is 1. The van der Waals surface area contributed by atoms with Crippen LogP contribution in [-0.2, 0) is 33.3 Å². The third-order valence-corrected chi connectivity index (χ3v) is 3.60. The number of hydrogen-bond acceptors (Lipinski definition) is 8. The first-order chi connectivity index (χ1) is 11.6. The molecule has 1 heterocycles. The fourth-order valence-corrected chi connectivity index (χ4v) is 1.99. The first-order valence-corrected chi connectivity index (χ1v) is 8.46. The average molecular weight is 360 g/mol. The summed E-state index contributed by atoms with van der Waals surface area (Å²) in [6.07, 6.45) is -4.41. The molecule has 0 amide bonds. The van der Waals surface area contributed by atoms with Crippen molar-refractivity contribution < 1.29 is 38.4 Å². The molecular weight excluding hydrogens is 332 g/mol. The molecule has 4 atom stereocenters. The Labute approximate surface area is 147 Å². The van der Waals surface area contributed by atoms with E-state index in [1.807, 2.05) is 0 Å². The highest BCUT2D eigenvalue weighted by molar-refractivity contribution is 5.73. The summed E-state index contributed by atoms with van der Waals surface area (Å²) in [5.41, 5.74) is 0. The van der Waals surface area contributed by atoms with Gasteiger partial charge in [-0.3, -0.25) is 14.4 Å². The van der Waals surface area contributed by atoms with Gasteiger partial charge in [-0.1, -0.05) is 41.5 Å². The van der Waals surface area contributed by atoms with Crippen LogP contribution in [0.5, 0.6) is 0 Å². The molecule has 0 bridgehead atoms. The molecule has 0 aromatic heterocycles. The van der Waals surface area contributed by atoms with Crippen LogP contribution in [0, 0.1) is 17.8 Å². The minimum Gasteiger partial charge on any atom is -0.455 e. The topological polar surface area (TPSA) is 108 Å². The van der Waals surface area contributed by atoms with Gasteiger partial charge in [-0.15, -0.1) is 0 Å². The smallest absolute Gasteiger partial charge is 0.310 e. The lowest BCUT2D eigenvalue weighted by Crippen LogP contribution is -2.43. The lowest BCUT2D eigenvalue weighted by molar-refractivity contribution is -0.202. The third kappa shape index (κ3) is 5.67. The molecule has 8 nitrogen and oxygen atoms in total. The summed E-state index contributed by atoms with van der Waals surface area (Å²) in [7, 11) is 0. The van der Waals surface area contributed by atoms with E-state index in [1.54, 1.807) is 41.5 Å². The van der Waals surface area contributed by atoms with Crippen molar-refractivity contribution in [2.24, 2.45) is 17.8 Å². The lowest BCUT2D eigenvalue weighted by atomic mass is 10.1. The molecule has 1 aliphatic heterocycles. The van der Waals surface area contributed by atoms with E-state index in [2.05, 4.69) is 0 Å². The minimum absolute atomic E-state index is 0.418. The van der Waals surface area contributed by atoms with Crippen LogP contribution in [-0.4, -0.2) is 54.2 Å². The highest BCUT2D eigenvalue weighted by atomic mass is 16.7. The number of carbonyl (C=O) groups is 3. The number of ether oxygens (including phenoxy) is 4. The second-order valence-corrected chi connectivity index (χ2v) is 6.93. The highest BCUT2D eigenvalue weighted by Crippen LogP contribution is 2.29. The summed E-state index contributed by atoms with van der Waals surface area (Å²) in [4.78, 5) is 35.8. The fraction of sp³-hybridized carbons (Fsp3) is 0.824. The van der Waals surface area contributed by atoms with Gasteiger partial charge < -0.3 is 24.1 Å². The predicted octanol–water partition coefficient (Wildman–Crippen LogP) is 1.04. The van der Waals surface area contributed by atoms with Gasteiger partial charge in [0.1, 0.15) is 6.10 Å². The molecule has 144 valence electrons. The summed E-state index contributed by atoms with van der Waals surface area (Å²) in [6, 6.07) is 0. The molecule has 1 rings (SSSR count). The van der Waals surface area contributed by atoms with Gasteiger partial charge in [0.25, 0.3) is 0 Å². The first-order valence-electron chi connectivity index (χ1n) is 8.46. The number of aliphatic hydroxyl groups is 1. The van der Waals surface area contributed by atoms with E-state index in [4.69, 9.17) is 18.9 Å². The van der Waals surface area contributed by atoms with Crippen molar-refractivity contribution in [3.8, 4) is 0 Å². The number of carbonyl (C=O) groups excluding carboxylic acids is 3. The zero-order valence-corrected chi connectivity index (χ0v) is 15.6. The van der Waals surface area contributed by atoms with Crippen molar-refractivity contribution in [2.75, 3.05) is 6.61 Å². The van der Waals surface area contributed by atoms with Gasteiger partial charge in [-0.05, 0) is 0 Å². The Bertz CT molecular complexity index is 485. The van der Waals surface area contributed by atoms with Crippen molar-refractivity contribution in [1.82, 2.24) is 0 Å². The zero-order valence-electron chi connectivity index (χ0n) is 15.6. The van der Waals surface area contributed by atoms with Crippen molar-refractivity contribution in [2.45, 2.75) is 66.1 Å². The van der Waals surface area contributed by atoms with Gasteiger partial charge >= 0.3 is 17.9 Å². The van der Waals surface area contributed by atoms with Crippen molar-refractivity contribution in [3.05, 3.63) is 0 Å². The molecule has 0 spiro atoms. The molecule has 1 aliphatic rings. The Morgan fingerprint density at radius 3 is 1.60 bits per heavy atom. The Morgan fingerprint density at radius 1 is 0.800 bits per heavy atom. The standard InChI is InChI=1S/C17H28O8/c1-8(2)14(19)23-12-11(7-18)22-17(25-16(21)10(5)6)13(12)24-15(20)9(3)4/h8-13,17-18H,7H2,1-6H3/t11-,12-,13-,17?/m1/s1. The van der Waals surface area contributed by atoms with Crippen LogP contribution in [0.3, 0.4) is 0 Å². The molecule has 0 aromatic carbocycles. The van der Waals surface area contributed by atoms with Crippen molar-refractivity contribution in [1.29, 1.82) is 0 Å². The predicted molar refractivity (Wildman–Crippen MR) is 86.1 cm³/mol. The maximum absolute atomic E-state index is 12.0. The second-order valence-electron chi connectivity index (χ2n) is 6.93. The number of rotatable bonds is 7. The molecule has 0 saturated carbocycles. The largest absolute Gasteiger partial charge is 0.455 e. The van der Waals surface area contributed by atoms with E-state index in [0.29, 0.717) is 0 Å². The second kappa shape index (κ2) is 9.15. The van der Waals surface area contributed by atoms with Gasteiger partial charge in [0.2, 0.25) is 12.4 Å². The van der Waals surface area contributed by atoms with E-state index in [0.717, 1.165) is 0 Å². The van der Waals surface area contributed by atoms with Crippen molar-refractivity contribution >= 4 is 17.9 Å². The highest BCUT2D eigenvalue weighted by Gasteiger charge is 2.51. The van der Waals surface area contributed by atoms with Crippen LogP contribution in [0.15, 0.2) is 0 Å².